The Kier molecular flexibility index (Phi) is 6.09. The second kappa shape index (κ2) is 8.10. The minimum Gasteiger partial charge on any atom is -0.459 e. The maximum Gasteiger partial charge on any atom is 0.287 e. The van der Waals surface area contributed by atoms with Gasteiger partial charge < -0.3 is 9.73 Å². The number of piperidine rings is 1. The molecule has 11 heteroatoms. The van der Waals surface area contributed by atoms with E-state index in [1.54, 1.807) is 13.0 Å². The number of nitrogens with zero attached hydrogens (tertiary/aromatic N) is 1. The van der Waals surface area contributed by atoms with Crippen molar-refractivity contribution in [3.63, 3.8) is 0 Å². The van der Waals surface area contributed by atoms with Crippen LogP contribution in [0.5, 0.6) is 0 Å². The summed E-state index contributed by atoms with van der Waals surface area (Å²) in [6, 6.07) is 5.12. The highest BCUT2D eigenvalue weighted by molar-refractivity contribution is 7.91. The molecule has 1 fully saturated rings. The number of nitrogens with one attached hydrogen (secondary N) is 1. The molecule has 1 aliphatic heterocycles. The molecule has 8 nitrogen and oxygen atoms in total. The van der Waals surface area contributed by atoms with E-state index in [2.05, 4.69) is 5.32 Å². The fourth-order valence-corrected chi connectivity index (χ4v) is 5.84. The third-order valence-electron chi connectivity index (χ3n) is 4.81. The molecule has 1 aromatic carbocycles. The van der Waals surface area contributed by atoms with Crippen molar-refractivity contribution in [3.8, 4) is 0 Å². The highest BCUT2D eigenvalue weighted by Gasteiger charge is 2.32. The van der Waals surface area contributed by atoms with Crippen molar-refractivity contribution >= 4 is 37.4 Å². The Labute approximate surface area is 174 Å². The van der Waals surface area contributed by atoms with Crippen LogP contribution < -0.4 is 5.32 Å². The quantitative estimate of drug-likeness (QED) is 0.731. The molecule has 1 aromatic heterocycles. The van der Waals surface area contributed by atoms with Gasteiger partial charge >= 0.3 is 0 Å². The second-order valence-electron chi connectivity index (χ2n) is 6.95. The number of hydrogen-bond donors (Lipinski definition) is 1. The topological polar surface area (TPSA) is 114 Å². The minimum atomic E-state index is -3.97. The van der Waals surface area contributed by atoms with E-state index in [9.17, 15) is 21.6 Å². The zero-order valence-corrected chi connectivity index (χ0v) is 18.3. The van der Waals surface area contributed by atoms with Gasteiger partial charge in [0.15, 0.2) is 15.6 Å². The molecule has 0 aliphatic carbocycles. The van der Waals surface area contributed by atoms with Gasteiger partial charge in [-0.3, -0.25) is 4.79 Å². The zero-order valence-electron chi connectivity index (χ0n) is 15.9. The Bertz CT molecular complexity index is 1130. The van der Waals surface area contributed by atoms with Crippen LogP contribution in [-0.4, -0.2) is 52.4 Å². The van der Waals surface area contributed by atoms with Crippen LogP contribution in [0.15, 0.2) is 44.7 Å². The molecule has 0 atom stereocenters. The molecular weight excluding hydrogens is 440 g/mol. The van der Waals surface area contributed by atoms with Crippen molar-refractivity contribution in [1.82, 2.24) is 9.62 Å². The summed E-state index contributed by atoms with van der Waals surface area (Å²) >= 11 is 6.05. The molecule has 1 aliphatic rings. The van der Waals surface area contributed by atoms with Crippen LogP contribution in [0.3, 0.4) is 0 Å². The number of rotatable bonds is 5. The van der Waals surface area contributed by atoms with E-state index in [4.69, 9.17) is 16.0 Å². The lowest BCUT2D eigenvalue weighted by atomic mass is 10.1. The first kappa shape index (κ1) is 21.8. The number of aryl methyl sites for hydroxylation is 1. The summed E-state index contributed by atoms with van der Waals surface area (Å²) in [7, 11) is -7.55. The Morgan fingerprint density at radius 3 is 2.38 bits per heavy atom. The third kappa shape index (κ3) is 4.66. The normalized spacial score (nSPS) is 16.7. The average Bonchev–Trinajstić information content (AvgIpc) is 3.07. The molecular formula is C18H21ClN2O6S2. The van der Waals surface area contributed by atoms with Crippen molar-refractivity contribution in [3.05, 3.63) is 46.9 Å². The summed E-state index contributed by atoms with van der Waals surface area (Å²) in [6.45, 7) is 2.11. The Morgan fingerprint density at radius 1 is 1.17 bits per heavy atom. The lowest BCUT2D eigenvalue weighted by Crippen LogP contribution is -2.46. The standard InChI is InChI=1S/C18H21ClN2O6S2/c1-12-7-10-27-17(12)18(22)20-13-5-8-21(9-6-13)29(25,26)16-11-14(28(2,23)24)3-4-15(16)19/h3-4,7,10-11,13H,5-6,8-9H2,1-2H3,(H,20,22). The summed E-state index contributed by atoms with van der Waals surface area (Å²) < 4.78 is 55.9. The van der Waals surface area contributed by atoms with E-state index in [1.165, 1.54) is 22.7 Å². The molecule has 0 unspecified atom stereocenters. The van der Waals surface area contributed by atoms with E-state index in [1.807, 2.05) is 0 Å². The third-order valence-corrected chi connectivity index (χ3v) is 8.30. The van der Waals surface area contributed by atoms with E-state index in [0.717, 1.165) is 17.9 Å². The summed E-state index contributed by atoms with van der Waals surface area (Å²) in [5, 5.41) is 2.81. The van der Waals surface area contributed by atoms with Crippen molar-refractivity contribution in [1.29, 1.82) is 0 Å². The van der Waals surface area contributed by atoms with Gasteiger partial charge in [0.2, 0.25) is 10.0 Å². The molecule has 29 heavy (non-hydrogen) atoms. The first-order chi connectivity index (χ1) is 13.5. The zero-order chi connectivity index (χ0) is 21.4. The lowest BCUT2D eigenvalue weighted by molar-refractivity contribution is 0.0895. The first-order valence-corrected chi connectivity index (χ1v) is 12.6. The summed E-state index contributed by atoms with van der Waals surface area (Å²) in [6.07, 6.45) is 3.26. The molecule has 1 amide bonds. The predicted molar refractivity (Wildman–Crippen MR) is 107 cm³/mol. The average molecular weight is 461 g/mol. The smallest absolute Gasteiger partial charge is 0.287 e. The highest BCUT2D eigenvalue weighted by Crippen LogP contribution is 2.29. The van der Waals surface area contributed by atoms with Gasteiger partial charge in [0, 0.05) is 31.0 Å². The Morgan fingerprint density at radius 2 is 1.83 bits per heavy atom. The highest BCUT2D eigenvalue weighted by atomic mass is 35.5. The molecule has 0 saturated carbocycles. The largest absolute Gasteiger partial charge is 0.459 e. The fourth-order valence-electron chi connectivity index (χ4n) is 3.15. The van der Waals surface area contributed by atoms with Crippen LogP contribution in [0.2, 0.25) is 5.02 Å². The molecule has 158 valence electrons. The van der Waals surface area contributed by atoms with Crippen molar-refractivity contribution in [2.75, 3.05) is 19.3 Å². The van der Waals surface area contributed by atoms with E-state index < -0.39 is 19.9 Å². The van der Waals surface area contributed by atoms with Crippen LogP contribution in [-0.2, 0) is 19.9 Å². The number of hydrogen-bond acceptors (Lipinski definition) is 6. The van der Waals surface area contributed by atoms with Gasteiger partial charge in [0.1, 0.15) is 4.90 Å². The maximum atomic E-state index is 13.0. The van der Waals surface area contributed by atoms with Crippen LogP contribution in [0.1, 0.15) is 29.0 Å². The molecule has 1 N–H and O–H groups in total. The number of sulfone groups is 1. The number of carbonyl (C=O) groups is 1. The molecule has 0 bridgehead atoms. The van der Waals surface area contributed by atoms with E-state index in [-0.39, 0.29) is 45.6 Å². The number of carbonyl (C=O) groups excluding carboxylic acids is 1. The van der Waals surface area contributed by atoms with Gasteiger partial charge in [0.25, 0.3) is 5.91 Å². The Balaban J connectivity index is 1.72. The lowest BCUT2D eigenvalue weighted by Gasteiger charge is -2.31. The fraction of sp³-hybridized carbons (Fsp3) is 0.389. The van der Waals surface area contributed by atoms with Crippen LogP contribution in [0.4, 0.5) is 0 Å². The molecule has 2 heterocycles. The number of furan rings is 1. The second-order valence-corrected chi connectivity index (χ2v) is 11.3. The molecule has 3 rings (SSSR count). The van der Waals surface area contributed by atoms with Crippen molar-refractivity contribution in [2.45, 2.75) is 35.6 Å². The van der Waals surface area contributed by atoms with Gasteiger partial charge in [-0.25, -0.2) is 16.8 Å². The monoisotopic (exact) mass is 460 g/mol. The number of sulfonamides is 1. The predicted octanol–water partition coefficient (Wildman–Crippen LogP) is 2.23. The summed E-state index contributed by atoms with van der Waals surface area (Å²) in [5.41, 5.74) is 0.725. The SMILES string of the molecule is Cc1ccoc1C(=O)NC1CCN(S(=O)(=O)c2cc(S(C)(=O)=O)ccc2Cl)CC1. The molecule has 1 saturated heterocycles. The summed E-state index contributed by atoms with van der Waals surface area (Å²) in [5.74, 6) is -0.0953. The molecule has 0 spiro atoms. The summed E-state index contributed by atoms with van der Waals surface area (Å²) in [4.78, 5) is 11.9. The first-order valence-electron chi connectivity index (χ1n) is 8.85. The van der Waals surface area contributed by atoms with Crippen molar-refractivity contribution in [2.24, 2.45) is 0 Å². The van der Waals surface area contributed by atoms with Crippen LogP contribution in [0.25, 0.3) is 0 Å². The van der Waals surface area contributed by atoms with Crippen LogP contribution >= 0.6 is 11.6 Å². The van der Waals surface area contributed by atoms with E-state index >= 15 is 0 Å². The van der Waals surface area contributed by atoms with Gasteiger partial charge in [0.05, 0.1) is 16.2 Å². The van der Waals surface area contributed by atoms with Gasteiger partial charge in [-0.05, 0) is 44.0 Å². The number of amides is 1. The number of benzene rings is 1. The minimum absolute atomic E-state index is 0.0406. The van der Waals surface area contributed by atoms with Crippen LogP contribution in [0, 0.1) is 6.92 Å². The molecule has 2 aromatic rings. The molecule has 0 radical (unpaired) electrons. The van der Waals surface area contributed by atoms with Crippen molar-refractivity contribution < 1.29 is 26.0 Å². The van der Waals surface area contributed by atoms with Gasteiger partial charge in [-0.15, -0.1) is 0 Å². The maximum absolute atomic E-state index is 13.0. The van der Waals surface area contributed by atoms with Gasteiger partial charge in [-0.2, -0.15) is 4.31 Å². The van der Waals surface area contributed by atoms with Gasteiger partial charge in [-0.1, -0.05) is 11.6 Å². The Hall–Kier alpha value is -1.88. The van der Waals surface area contributed by atoms with E-state index in [0.29, 0.717) is 12.8 Å². The number of halogens is 1.